The van der Waals surface area contributed by atoms with Gasteiger partial charge in [0.15, 0.2) is 0 Å². The van der Waals surface area contributed by atoms with Crippen LogP contribution in [0.25, 0.3) is 11.3 Å². The van der Waals surface area contributed by atoms with Gasteiger partial charge in [-0.3, -0.25) is 9.59 Å². The zero-order valence-electron chi connectivity index (χ0n) is 20.2. The first kappa shape index (κ1) is 25.4. The van der Waals surface area contributed by atoms with Gasteiger partial charge in [0.25, 0.3) is 11.8 Å². The van der Waals surface area contributed by atoms with Crippen LogP contribution in [0.1, 0.15) is 52.8 Å². The Hall–Kier alpha value is -4.20. The number of hydrogen-bond acceptors (Lipinski definition) is 6. The van der Waals surface area contributed by atoms with E-state index in [0.717, 1.165) is 5.56 Å². The summed E-state index contributed by atoms with van der Waals surface area (Å²) in [7, 11) is 0. The molecular weight excluding hydrogens is 446 g/mol. The molecule has 0 saturated heterocycles. The molecule has 1 aromatic heterocycles. The molecule has 3 rings (SSSR count). The molecule has 0 aliphatic carbocycles. The van der Waals surface area contributed by atoms with Gasteiger partial charge in [-0.05, 0) is 50.1 Å². The van der Waals surface area contributed by atoms with E-state index in [1.54, 1.807) is 55.5 Å². The van der Waals surface area contributed by atoms with Crippen LogP contribution in [0, 0.1) is 12.8 Å². The molecule has 0 saturated carbocycles. The van der Waals surface area contributed by atoms with Crippen LogP contribution in [0.5, 0.6) is 0 Å². The van der Waals surface area contributed by atoms with Crippen molar-refractivity contribution in [3.8, 4) is 11.3 Å². The van der Waals surface area contributed by atoms with Crippen molar-refractivity contribution in [2.45, 2.75) is 33.7 Å². The molecular formula is C27H29N3O5. The normalized spacial score (nSPS) is 11.9. The molecule has 1 atom stereocenters. The Morgan fingerprint density at radius 2 is 1.74 bits per heavy atom. The van der Waals surface area contributed by atoms with Crippen molar-refractivity contribution in [3.63, 3.8) is 0 Å². The zero-order chi connectivity index (χ0) is 25.4. The highest BCUT2D eigenvalue weighted by Gasteiger charge is 2.24. The summed E-state index contributed by atoms with van der Waals surface area (Å²) in [5, 5.41) is 6.73. The molecule has 0 radical (unpaired) electrons. The van der Waals surface area contributed by atoms with Crippen molar-refractivity contribution >= 4 is 24.0 Å². The number of nitrogens with zero attached hydrogens (tertiary/aromatic N) is 1. The lowest BCUT2D eigenvalue weighted by molar-refractivity contribution is -0.123. The Kier molecular flexibility index (Phi) is 8.56. The lowest BCUT2D eigenvalue weighted by Crippen LogP contribution is -2.48. The fraction of sp³-hybridized carbons (Fsp3) is 0.259. The third kappa shape index (κ3) is 6.66. The number of carbonyl (C=O) groups excluding carboxylic acids is 3. The molecule has 2 N–H and O–H groups in total. The maximum Gasteiger partial charge on any atom is 0.338 e. The second kappa shape index (κ2) is 11.8. The maximum absolute atomic E-state index is 12.7. The van der Waals surface area contributed by atoms with Crippen molar-refractivity contribution < 1.29 is 23.5 Å². The monoisotopic (exact) mass is 475 g/mol. The largest absolute Gasteiger partial charge is 0.462 e. The quantitative estimate of drug-likeness (QED) is 0.272. The number of esters is 1. The molecule has 3 aromatic rings. The summed E-state index contributed by atoms with van der Waals surface area (Å²) in [6.45, 7) is 7.62. The van der Waals surface area contributed by atoms with E-state index in [4.69, 9.17) is 9.15 Å². The summed E-state index contributed by atoms with van der Waals surface area (Å²) in [4.78, 5) is 37.5. The Bertz CT molecular complexity index is 1210. The standard InChI is InChI=1S/C27H29N3O5/c1-5-34-27(33)22-9-7-6-8-21(22)23-15-14-20(35-23)16-28-30-26(32)24(17(2)3)29-25(31)19-12-10-18(4)11-13-19/h6-17,24H,5H2,1-4H3,(H,29,31)(H,30,32). The van der Waals surface area contributed by atoms with Gasteiger partial charge in [-0.25, -0.2) is 10.2 Å². The average molecular weight is 476 g/mol. The van der Waals surface area contributed by atoms with Crippen molar-refractivity contribution in [1.82, 2.24) is 10.7 Å². The first-order chi connectivity index (χ1) is 16.8. The van der Waals surface area contributed by atoms with Crippen LogP contribution in [0.15, 0.2) is 70.2 Å². The molecule has 2 aromatic carbocycles. The van der Waals surface area contributed by atoms with Gasteiger partial charge in [0.1, 0.15) is 17.6 Å². The fourth-order valence-electron chi connectivity index (χ4n) is 3.35. The van der Waals surface area contributed by atoms with E-state index in [9.17, 15) is 14.4 Å². The molecule has 35 heavy (non-hydrogen) atoms. The third-order valence-electron chi connectivity index (χ3n) is 5.23. The first-order valence-corrected chi connectivity index (χ1v) is 11.4. The van der Waals surface area contributed by atoms with E-state index in [2.05, 4.69) is 15.8 Å². The molecule has 0 aliphatic rings. The van der Waals surface area contributed by atoms with Crippen LogP contribution < -0.4 is 10.7 Å². The predicted molar refractivity (Wildman–Crippen MR) is 133 cm³/mol. The second-order valence-corrected chi connectivity index (χ2v) is 8.26. The maximum atomic E-state index is 12.7. The summed E-state index contributed by atoms with van der Waals surface area (Å²) in [6, 6.07) is 16.7. The van der Waals surface area contributed by atoms with E-state index in [1.807, 2.05) is 32.9 Å². The van der Waals surface area contributed by atoms with Crippen LogP contribution in [0.3, 0.4) is 0 Å². The number of rotatable bonds is 9. The summed E-state index contributed by atoms with van der Waals surface area (Å²) < 4.78 is 10.9. The smallest absolute Gasteiger partial charge is 0.338 e. The minimum absolute atomic E-state index is 0.158. The Labute approximate surface area is 204 Å². The van der Waals surface area contributed by atoms with E-state index < -0.39 is 17.9 Å². The molecule has 0 spiro atoms. The summed E-state index contributed by atoms with van der Waals surface area (Å²) >= 11 is 0. The summed E-state index contributed by atoms with van der Waals surface area (Å²) in [5.41, 5.74) is 4.96. The Morgan fingerprint density at radius 3 is 2.43 bits per heavy atom. The van der Waals surface area contributed by atoms with Crippen LogP contribution in [0.2, 0.25) is 0 Å². The SMILES string of the molecule is CCOC(=O)c1ccccc1-c1ccc(C=NNC(=O)C(NC(=O)c2ccc(C)cc2)C(C)C)o1. The number of aryl methyl sites for hydroxylation is 1. The van der Waals surface area contributed by atoms with E-state index >= 15 is 0 Å². The number of amides is 2. The number of hydrazone groups is 1. The van der Waals surface area contributed by atoms with Crippen molar-refractivity contribution in [1.29, 1.82) is 0 Å². The van der Waals surface area contributed by atoms with Gasteiger partial charge in [0.2, 0.25) is 0 Å². The van der Waals surface area contributed by atoms with Crippen LogP contribution in [0.4, 0.5) is 0 Å². The Balaban J connectivity index is 1.66. The lowest BCUT2D eigenvalue weighted by atomic mass is 10.0. The highest BCUT2D eigenvalue weighted by atomic mass is 16.5. The minimum Gasteiger partial charge on any atom is -0.462 e. The fourth-order valence-corrected chi connectivity index (χ4v) is 3.35. The van der Waals surface area contributed by atoms with Crippen molar-refractivity contribution in [3.05, 3.63) is 83.1 Å². The average Bonchev–Trinajstić information content (AvgIpc) is 3.31. The van der Waals surface area contributed by atoms with Crippen molar-refractivity contribution in [2.75, 3.05) is 6.61 Å². The molecule has 8 heteroatoms. The van der Waals surface area contributed by atoms with Crippen LogP contribution >= 0.6 is 0 Å². The van der Waals surface area contributed by atoms with Gasteiger partial charge in [0, 0.05) is 11.1 Å². The van der Waals surface area contributed by atoms with Crippen LogP contribution in [-0.4, -0.2) is 36.6 Å². The highest BCUT2D eigenvalue weighted by molar-refractivity contribution is 5.98. The minimum atomic E-state index is -0.774. The summed E-state index contributed by atoms with van der Waals surface area (Å²) in [5.74, 6) is -0.533. The predicted octanol–water partition coefficient (Wildman–Crippen LogP) is 4.34. The van der Waals surface area contributed by atoms with Gasteiger partial charge in [-0.2, -0.15) is 5.10 Å². The van der Waals surface area contributed by atoms with Gasteiger partial charge < -0.3 is 14.5 Å². The van der Waals surface area contributed by atoms with E-state index in [-0.39, 0.29) is 18.4 Å². The Morgan fingerprint density at radius 1 is 1.03 bits per heavy atom. The van der Waals surface area contributed by atoms with E-state index in [0.29, 0.717) is 28.2 Å². The number of hydrogen-bond donors (Lipinski definition) is 2. The first-order valence-electron chi connectivity index (χ1n) is 11.4. The van der Waals surface area contributed by atoms with Gasteiger partial charge in [-0.15, -0.1) is 0 Å². The topological polar surface area (TPSA) is 110 Å². The number of nitrogens with one attached hydrogen (secondary N) is 2. The van der Waals surface area contributed by atoms with Gasteiger partial charge >= 0.3 is 5.97 Å². The highest BCUT2D eigenvalue weighted by Crippen LogP contribution is 2.26. The lowest BCUT2D eigenvalue weighted by Gasteiger charge is -2.20. The summed E-state index contributed by atoms with van der Waals surface area (Å²) in [6.07, 6.45) is 1.35. The molecule has 182 valence electrons. The van der Waals surface area contributed by atoms with Gasteiger partial charge in [-0.1, -0.05) is 49.7 Å². The number of benzene rings is 2. The zero-order valence-corrected chi connectivity index (χ0v) is 20.2. The number of furan rings is 1. The molecule has 1 heterocycles. The van der Waals surface area contributed by atoms with Crippen LogP contribution in [-0.2, 0) is 9.53 Å². The molecule has 2 amide bonds. The number of ether oxygens (including phenoxy) is 1. The molecule has 0 bridgehead atoms. The molecule has 8 nitrogen and oxygen atoms in total. The second-order valence-electron chi connectivity index (χ2n) is 8.26. The van der Waals surface area contributed by atoms with Crippen molar-refractivity contribution in [2.24, 2.45) is 11.0 Å². The molecule has 0 fully saturated rings. The van der Waals surface area contributed by atoms with E-state index in [1.165, 1.54) is 6.21 Å². The van der Waals surface area contributed by atoms with Gasteiger partial charge in [0.05, 0.1) is 18.4 Å². The number of carbonyl (C=O) groups is 3. The molecule has 0 aliphatic heterocycles. The third-order valence-corrected chi connectivity index (χ3v) is 5.23. The molecule has 1 unspecified atom stereocenters.